The van der Waals surface area contributed by atoms with Gasteiger partial charge in [-0.05, 0) is 17.9 Å². The second kappa shape index (κ2) is 7.44. The Morgan fingerprint density at radius 1 is 1.26 bits per heavy atom. The highest BCUT2D eigenvalue weighted by molar-refractivity contribution is 7.99. The summed E-state index contributed by atoms with van der Waals surface area (Å²) in [6, 6.07) is 4.60. The van der Waals surface area contributed by atoms with Crippen LogP contribution in [0.15, 0.2) is 29.4 Å². The maximum Gasteiger partial charge on any atom is 0.417 e. The molecule has 27 heavy (non-hydrogen) atoms. The Bertz CT molecular complexity index is 1030. The van der Waals surface area contributed by atoms with Gasteiger partial charge in [-0.15, -0.1) is 11.8 Å². The Balaban J connectivity index is 2.11. The number of halogens is 3. The highest BCUT2D eigenvalue weighted by Gasteiger charge is 2.32. The van der Waals surface area contributed by atoms with E-state index in [-0.39, 0.29) is 12.1 Å². The molecule has 3 rings (SSSR count). The third kappa shape index (κ3) is 3.83. The van der Waals surface area contributed by atoms with Gasteiger partial charge in [0.2, 0.25) is 0 Å². The molecule has 0 bridgehead atoms. The summed E-state index contributed by atoms with van der Waals surface area (Å²) in [5.74, 6) is 1.59. The van der Waals surface area contributed by atoms with Gasteiger partial charge in [0.25, 0.3) is 0 Å². The maximum absolute atomic E-state index is 12.9. The summed E-state index contributed by atoms with van der Waals surface area (Å²) < 4.78 is 45.7. The molecule has 0 aliphatic carbocycles. The molecule has 0 saturated carbocycles. The fourth-order valence-electron chi connectivity index (χ4n) is 2.50. The minimum atomic E-state index is -4.49. The smallest absolute Gasteiger partial charge is 0.417 e. The zero-order valence-electron chi connectivity index (χ0n) is 14.4. The fourth-order valence-corrected chi connectivity index (χ4v) is 3.29. The Morgan fingerprint density at radius 3 is 2.70 bits per heavy atom. The zero-order valence-corrected chi connectivity index (χ0v) is 15.2. The number of ether oxygens (including phenoxy) is 1. The molecule has 0 aliphatic rings. The van der Waals surface area contributed by atoms with E-state index in [1.54, 1.807) is 17.7 Å². The number of nitriles is 1. The van der Waals surface area contributed by atoms with Crippen LogP contribution in [-0.2, 0) is 13.2 Å². The van der Waals surface area contributed by atoms with Crippen molar-refractivity contribution in [3.05, 3.63) is 30.1 Å². The average molecular weight is 393 g/mol. The first-order valence-corrected chi connectivity index (χ1v) is 8.86. The maximum atomic E-state index is 12.9. The number of aryl methyl sites for hydroxylation is 1. The summed E-state index contributed by atoms with van der Waals surface area (Å²) in [5.41, 5.74) is 0.134. The number of rotatable bonds is 5. The first-order chi connectivity index (χ1) is 12.8. The van der Waals surface area contributed by atoms with Crippen molar-refractivity contribution in [3.63, 3.8) is 0 Å². The molecule has 0 amide bonds. The number of aromatic nitrogens is 4. The van der Waals surface area contributed by atoms with Crippen molar-refractivity contribution in [2.75, 3.05) is 12.4 Å². The Morgan fingerprint density at radius 2 is 2.04 bits per heavy atom. The zero-order chi connectivity index (χ0) is 19.6. The Hall–Kier alpha value is -2.80. The monoisotopic (exact) mass is 393 g/mol. The molecular weight excluding hydrogens is 379 g/mol. The lowest BCUT2D eigenvalue weighted by Gasteiger charge is -2.10. The third-order valence-corrected chi connectivity index (χ3v) is 4.59. The quantitative estimate of drug-likeness (QED) is 0.609. The van der Waals surface area contributed by atoms with Crippen molar-refractivity contribution in [2.24, 2.45) is 7.05 Å². The lowest BCUT2D eigenvalue weighted by molar-refractivity contribution is -0.137. The van der Waals surface area contributed by atoms with E-state index in [4.69, 9.17) is 10.00 Å². The SMILES string of the molecule is CCSc1cc(OCC#N)cnc1-c1nc2cc(C(F)(F)F)cnc2n1C. The van der Waals surface area contributed by atoms with Crippen LogP contribution in [0.1, 0.15) is 12.5 Å². The molecule has 0 N–H and O–H groups in total. The van der Waals surface area contributed by atoms with E-state index in [0.29, 0.717) is 22.9 Å². The van der Waals surface area contributed by atoms with Crippen molar-refractivity contribution in [3.8, 4) is 23.3 Å². The molecule has 0 aromatic carbocycles. The van der Waals surface area contributed by atoms with Crippen LogP contribution in [0, 0.1) is 11.3 Å². The number of hydrogen-bond acceptors (Lipinski definition) is 6. The second-order valence-corrected chi connectivity index (χ2v) is 6.76. The highest BCUT2D eigenvalue weighted by atomic mass is 32.2. The molecule has 0 aliphatic heterocycles. The number of thioether (sulfide) groups is 1. The van der Waals surface area contributed by atoms with Crippen LogP contribution < -0.4 is 4.74 Å². The van der Waals surface area contributed by atoms with Gasteiger partial charge in [0, 0.05) is 18.1 Å². The van der Waals surface area contributed by atoms with Gasteiger partial charge in [-0.25, -0.2) is 15.0 Å². The molecule has 0 unspecified atom stereocenters. The Kier molecular flexibility index (Phi) is 5.23. The van der Waals surface area contributed by atoms with Crippen molar-refractivity contribution < 1.29 is 17.9 Å². The van der Waals surface area contributed by atoms with Crippen molar-refractivity contribution >= 4 is 22.9 Å². The molecule has 0 radical (unpaired) electrons. The molecular formula is C17H14F3N5OS. The van der Waals surface area contributed by atoms with Crippen molar-refractivity contribution in [1.29, 1.82) is 5.26 Å². The number of imidazole rings is 1. The molecule has 3 aromatic heterocycles. The summed E-state index contributed by atoms with van der Waals surface area (Å²) in [6.07, 6.45) is -2.23. The predicted molar refractivity (Wildman–Crippen MR) is 94.2 cm³/mol. The second-order valence-electron chi connectivity index (χ2n) is 5.46. The number of alkyl halides is 3. The van der Waals surface area contributed by atoms with Crippen LogP contribution in [-0.4, -0.2) is 31.9 Å². The summed E-state index contributed by atoms with van der Waals surface area (Å²) >= 11 is 1.49. The van der Waals surface area contributed by atoms with Crippen molar-refractivity contribution in [2.45, 2.75) is 18.0 Å². The molecule has 0 saturated heterocycles. The van der Waals surface area contributed by atoms with Crippen LogP contribution in [0.5, 0.6) is 5.75 Å². The first kappa shape index (κ1) is 19.0. The van der Waals surface area contributed by atoms with E-state index in [1.807, 2.05) is 13.0 Å². The summed E-state index contributed by atoms with van der Waals surface area (Å²) in [7, 11) is 1.67. The van der Waals surface area contributed by atoms with Crippen LogP contribution in [0.25, 0.3) is 22.7 Å². The van der Waals surface area contributed by atoms with E-state index in [0.717, 1.165) is 22.9 Å². The highest BCUT2D eigenvalue weighted by Crippen LogP contribution is 2.34. The molecule has 140 valence electrons. The van der Waals surface area contributed by atoms with Gasteiger partial charge in [-0.2, -0.15) is 18.4 Å². The number of nitrogens with zero attached hydrogens (tertiary/aromatic N) is 5. The van der Waals surface area contributed by atoms with Gasteiger partial charge in [-0.1, -0.05) is 6.92 Å². The minimum absolute atomic E-state index is 0.103. The molecule has 0 fully saturated rings. The first-order valence-electron chi connectivity index (χ1n) is 7.87. The summed E-state index contributed by atoms with van der Waals surface area (Å²) in [4.78, 5) is 13.3. The molecule has 6 nitrogen and oxygen atoms in total. The van der Waals surface area contributed by atoms with Crippen LogP contribution in [0.2, 0.25) is 0 Å². The van der Waals surface area contributed by atoms with Crippen molar-refractivity contribution in [1.82, 2.24) is 19.5 Å². The largest absolute Gasteiger partial charge is 0.477 e. The number of fused-ring (bicyclic) bond motifs is 1. The topological polar surface area (TPSA) is 76.6 Å². The van der Waals surface area contributed by atoms with Crippen LogP contribution in [0.4, 0.5) is 13.2 Å². The summed E-state index contributed by atoms with van der Waals surface area (Å²) in [5, 5.41) is 8.63. The molecule has 3 heterocycles. The van der Waals surface area contributed by atoms with E-state index >= 15 is 0 Å². The standard InChI is InChI=1S/C17H14F3N5OS/c1-3-27-13-7-11(26-5-4-21)9-22-14(13)16-24-12-6-10(17(18,19)20)8-23-15(12)25(16)2/h6-9H,3,5H2,1-2H3. The van der Waals surface area contributed by atoms with Gasteiger partial charge in [0.1, 0.15) is 23.0 Å². The lowest BCUT2D eigenvalue weighted by Crippen LogP contribution is -2.05. The molecule has 10 heteroatoms. The average Bonchev–Trinajstić information content (AvgIpc) is 2.96. The number of pyridine rings is 2. The Labute approximate surface area is 157 Å². The molecule has 0 spiro atoms. The van der Waals surface area contributed by atoms with Gasteiger partial charge in [0.15, 0.2) is 18.1 Å². The van der Waals surface area contributed by atoms with Crippen LogP contribution >= 0.6 is 11.8 Å². The lowest BCUT2D eigenvalue weighted by atomic mass is 10.2. The third-order valence-electron chi connectivity index (χ3n) is 3.68. The van der Waals surface area contributed by atoms with E-state index < -0.39 is 11.7 Å². The molecule has 3 aromatic rings. The van der Waals surface area contributed by atoms with E-state index in [9.17, 15) is 13.2 Å². The van der Waals surface area contributed by atoms with Gasteiger partial charge < -0.3 is 9.30 Å². The normalized spacial score (nSPS) is 11.6. The molecule has 0 atom stereocenters. The fraction of sp³-hybridized carbons (Fsp3) is 0.294. The van der Waals surface area contributed by atoms with E-state index in [2.05, 4.69) is 15.0 Å². The summed E-state index contributed by atoms with van der Waals surface area (Å²) in [6.45, 7) is 1.86. The minimum Gasteiger partial charge on any atom is -0.477 e. The predicted octanol–water partition coefficient (Wildman–Crippen LogP) is 4.06. The van der Waals surface area contributed by atoms with Gasteiger partial charge in [-0.3, -0.25) is 0 Å². The van der Waals surface area contributed by atoms with Gasteiger partial charge in [0.05, 0.1) is 11.8 Å². The van der Waals surface area contributed by atoms with Crippen LogP contribution in [0.3, 0.4) is 0 Å². The number of hydrogen-bond donors (Lipinski definition) is 0. The van der Waals surface area contributed by atoms with Gasteiger partial charge >= 0.3 is 6.18 Å². The van der Waals surface area contributed by atoms with E-state index in [1.165, 1.54) is 18.0 Å².